The number of hydrogen-bond acceptors (Lipinski definition) is 1. The molecular formula is C14H19BrClN. The zero-order valence-electron chi connectivity index (χ0n) is 10.4. The molecule has 0 spiro atoms. The molecule has 3 heteroatoms. The van der Waals surface area contributed by atoms with E-state index in [1.165, 1.54) is 24.8 Å². The second-order valence-electron chi connectivity index (χ2n) is 5.12. The highest BCUT2D eigenvalue weighted by atomic mass is 79.9. The maximum Gasteiger partial charge on any atom is 0.0464 e. The van der Waals surface area contributed by atoms with Crippen LogP contribution in [0.2, 0.25) is 5.02 Å². The first-order chi connectivity index (χ1) is 8.06. The van der Waals surface area contributed by atoms with E-state index < -0.39 is 0 Å². The van der Waals surface area contributed by atoms with Gasteiger partial charge in [0.2, 0.25) is 0 Å². The van der Waals surface area contributed by atoms with Gasteiger partial charge in [0, 0.05) is 22.1 Å². The predicted octanol–water partition coefficient (Wildman–Crippen LogP) is 4.94. The molecule has 1 nitrogen and oxygen atoms in total. The summed E-state index contributed by atoms with van der Waals surface area (Å²) in [6, 6.07) is 6.42. The van der Waals surface area contributed by atoms with Crippen LogP contribution in [0.4, 0.5) is 0 Å². The third-order valence-electron chi connectivity index (χ3n) is 3.92. The maximum absolute atomic E-state index is 6.25. The second-order valence-corrected chi connectivity index (χ2v) is 6.44. The van der Waals surface area contributed by atoms with Gasteiger partial charge in [-0.2, -0.15) is 0 Å². The van der Waals surface area contributed by atoms with Gasteiger partial charge < -0.3 is 5.32 Å². The van der Waals surface area contributed by atoms with Gasteiger partial charge in [0.15, 0.2) is 0 Å². The minimum absolute atomic E-state index is 0.319. The van der Waals surface area contributed by atoms with Gasteiger partial charge in [-0.3, -0.25) is 0 Å². The third kappa shape index (κ3) is 3.24. The highest BCUT2D eigenvalue weighted by Crippen LogP contribution is 2.48. The fourth-order valence-electron chi connectivity index (χ4n) is 2.16. The number of rotatable bonds is 5. The summed E-state index contributed by atoms with van der Waals surface area (Å²) >= 11 is 9.69. The van der Waals surface area contributed by atoms with E-state index in [0.717, 1.165) is 16.0 Å². The molecule has 1 saturated carbocycles. The summed E-state index contributed by atoms with van der Waals surface area (Å²) in [6.45, 7) is 5.57. The van der Waals surface area contributed by atoms with Crippen LogP contribution in [0.3, 0.4) is 0 Å². The monoisotopic (exact) mass is 315 g/mol. The SMILES string of the molecule is CCC1(CNC(C)c2ccc(Br)cc2Cl)CC1. The van der Waals surface area contributed by atoms with Crippen molar-refractivity contribution in [3.05, 3.63) is 33.3 Å². The van der Waals surface area contributed by atoms with Gasteiger partial charge in [-0.25, -0.2) is 0 Å². The van der Waals surface area contributed by atoms with E-state index in [0.29, 0.717) is 11.5 Å². The molecule has 1 aromatic rings. The molecule has 2 rings (SSSR count). The van der Waals surface area contributed by atoms with E-state index in [1.807, 2.05) is 12.1 Å². The van der Waals surface area contributed by atoms with E-state index in [9.17, 15) is 0 Å². The Morgan fingerprint density at radius 2 is 2.18 bits per heavy atom. The van der Waals surface area contributed by atoms with E-state index >= 15 is 0 Å². The lowest BCUT2D eigenvalue weighted by Crippen LogP contribution is -2.26. The molecule has 0 bridgehead atoms. The average molecular weight is 317 g/mol. The molecule has 0 aliphatic heterocycles. The number of benzene rings is 1. The summed E-state index contributed by atoms with van der Waals surface area (Å²) in [7, 11) is 0. The lowest BCUT2D eigenvalue weighted by atomic mass is 10.0. The van der Waals surface area contributed by atoms with Gasteiger partial charge in [-0.1, -0.05) is 40.5 Å². The van der Waals surface area contributed by atoms with Crippen LogP contribution in [0.5, 0.6) is 0 Å². The molecule has 0 radical (unpaired) electrons. The Balaban J connectivity index is 1.97. The molecule has 0 amide bonds. The topological polar surface area (TPSA) is 12.0 Å². The van der Waals surface area contributed by atoms with Crippen LogP contribution >= 0.6 is 27.5 Å². The average Bonchev–Trinajstić information content (AvgIpc) is 3.07. The van der Waals surface area contributed by atoms with Gasteiger partial charge in [-0.15, -0.1) is 0 Å². The van der Waals surface area contributed by atoms with Crippen molar-refractivity contribution in [3.63, 3.8) is 0 Å². The van der Waals surface area contributed by atoms with Gasteiger partial charge >= 0.3 is 0 Å². The largest absolute Gasteiger partial charge is 0.310 e. The summed E-state index contributed by atoms with van der Waals surface area (Å²) in [6.07, 6.45) is 4.02. The number of hydrogen-bond donors (Lipinski definition) is 1. The predicted molar refractivity (Wildman–Crippen MR) is 77.5 cm³/mol. The summed E-state index contributed by atoms with van der Waals surface area (Å²) in [5, 5.41) is 4.45. The molecular weight excluding hydrogens is 298 g/mol. The van der Waals surface area contributed by atoms with Crippen molar-refractivity contribution in [2.45, 2.75) is 39.2 Å². The Morgan fingerprint density at radius 3 is 2.71 bits per heavy atom. The first-order valence-corrected chi connectivity index (χ1v) is 7.42. The van der Waals surface area contributed by atoms with Crippen molar-refractivity contribution in [1.82, 2.24) is 5.32 Å². The van der Waals surface area contributed by atoms with Crippen LogP contribution in [0, 0.1) is 5.41 Å². The summed E-state index contributed by atoms with van der Waals surface area (Å²) in [5.41, 5.74) is 1.76. The summed E-state index contributed by atoms with van der Waals surface area (Å²) in [5.74, 6) is 0. The molecule has 1 atom stereocenters. The molecule has 0 heterocycles. The first kappa shape index (κ1) is 13.4. The summed E-state index contributed by atoms with van der Waals surface area (Å²) in [4.78, 5) is 0. The zero-order valence-corrected chi connectivity index (χ0v) is 12.7. The van der Waals surface area contributed by atoms with Gasteiger partial charge in [0.1, 0.15) is 0 Å². The number of halogens is 2. The highest BCUT2D eigenvalue weighted by molar-refractivity contribution is 9.10. The quantitative estimate of drug-likeness (QED) is 0.811. The minimum atomic E-state index is 0.319. The van der Waals surface area contributed by atoms with Crippen LogP contribution in [0.25, 0.3) is 0 Å². The molecule has 1 unspecified atom stereocenters. The van der Waals surface area contributed by atoms with Gasteiger partial charge in [-0.05, 0) is 49.3 Å². The van der Waals surface area contributed by atoms with E-state index in [-0.39, 0.29) is 0 Å². The molecule has 1 aromatic carbocycles. The molecule has 1 fully saturated rings. The van der Waals surface area contributed by atoms with Crippen molar-refractivity contribution in [1.29, 1.82) is 0 Å². The Labute approximate surface area is 117 Å². The normalized spacial score (nSPS) is 19.1. The number of nitrogens with one attached hydrogen (secondary N) is 1. The summed E-state index contributed by atoms with van der Waals surface area (Å²) < 4.78 is 1.03. The van der Waals surface area contributed by atoms with Gasteiger partial charge in [0.05, 0.1) is 0 Å². The van der Waals surface area contributed by atoms with E-state index in [1.54, 1.807) is 0 Å². The zero-order chi connectivity index (χ0) is 12.5. The standard InChI is InChI=1S/C14H19BrClN/c1-3-14(6-7-14)9-17-10(2)12-5-4-11(15)8-13(12)16/h4-5,8,10,17H,3,6-7,9H2,1-2H3. The Kier molecular flexibility index (Phi) is 4.17. The maximum atomic E-state index is 6.25. The lowest BCUT2D eigenvalue weighted by molar-refractivity contribution is 0.415. The lowest BCUT2D eigenvalue weighted by Gasteiger charge is -2.20. The van der Waals surface area contributed by atoms with Crippen LogP contribution in [0.15, 0.2) is 22.7 Å². The third-order valence-corrected chi connectivity index (χ3v) is 4.74. The molecule has 17 heavy (non-hydrogen) atoms. The van der Waals surface area contributed by atoms with Crippen molar-refractivity contribution >= 4 is 27.5 Å². The van der Waals surface area contributed by atoms with Crippen molar-refractivity contribution in [3.8, 4) is 0 Å². The van der Waals surface area contributed by atoms with Crippen molar-refractivity contribution < 1.29 is 0 Å². The van der Waals surface area contributed by atoms with E-state index in [2.05, 4.69) is 41.2 Å². The molecule has 0 saturated heterocycles. The van der Waals surface area contributed by atoms with Crippen molar-refractivity contribution in [2.24, 2.45) is 5.41 Å². The van der Waals surface area contributed by atoms with Crippen LogP contribution in [-0.2, 0) is 0 Å². The molecule has 94 valence electrons. The van der Waals surface area contributed by atoms with Crippen molar-refractivity contribution in [2.75, 3.05) is 6.54 Å². The Morgan fingerprint density at radius 1 is 1.47 bits per heavy atom. The fraction of sp³-hybridized carbons (Fsp3) is 0.571. The first-order valence-electron chi connectivity index (χ1n) is 6.25. The fourth-order valence-corrected chi connectivity index (χ4v) is 3.00. The highest BCUT2D eigenvalue weighted by Gasteiger charge is 2.40. The second kappa shape index (κ2) is 5.29. The molecule has 1 N–H and O–H groups in total. The molecule has 1 aliphatic carbocycles. The van der Waals surface area contributed by atoms with E-state index in [4.69, 9.17) is 11.6 Å². The Hall–Kier alpha value is -0.0500. The van der Waals surface area contributed by atoms with Crippen LogP contribution in [-0.4, -0.2) is 6.54 Å². The molecule has 0 aromatic heterocycles. The van der Waals surface area contributed by atoms with Gasteiger partial charge in [0.25, 0.3) is 0 Å². The van der Waals surface area contributed by atoms with Crippen LogP contribution < -0.4 is 5.32 Å². The Bertz CT molecular complexity index is 401. The molecule has 1 aliphatic rings. The van der Waals surface area contributed by atoms with Crippen LogP contribution in [0.1, 0.15) is 44.7 Å². The minimum Gasteiger partial charge on any atom is -0.310 e. The smallest absolute Gasteiger partial charge is 0.0464 e.